The van der Waals surface area contributed by atoms with Crippen LogP contribution in [0.4, 0.5) is 0 Å². The molecule has 1 aromatic rings. The predicted molar refractivity (Wildman–Crippen MR) is 39.4 cm³/mol. The molecule has 0 unspecified atom stereocenters. The Hall–Kier alpha value is -1.23. The lowest BCUT2D eigenvalue weighted by molar-refractivity contribution is 0.380. The fraction of sp³-hybridized carbons (Fsp3) is 0.167. The topological polar surface area (TPSA) is 51.6 Å². The van der Waals surface area contributed by atoms with Crippen molar-refractivity contribution in [1.29, 1.82) is 0 Å². The summed E-state index contributed by atoms with van der Waals surface area (Å²) in [6.07, 6.45) is 3.02. The van der Waals surface area contributed by atoms with Crippen molar-refractivity contribution in [1.82, 2.24) is 4.98 Å². The summed E-state index contributed by atoms with van der Waals surface area (Å²) >= 11 is 0. The number of pyridine rings is 1. The van der Waals surface area contributed by atoms with E-state index in [2.05, 4.69) is 9.64 Å². The van der Waals surface area contributed by atoms with Gasteiger partial charge < -0.3 is 14.4 Å². The van der Waals surface area contributed by atoms with Crippen molar-refractivity contribution in [3.05, 3.63) is 18.5 Å². The van der Waals surface area contributed by atoms with Crippen LogP contribution in [-0.2, 0) is 0 Å². The third-order valence-electron chi connectivity index (χ3n) is 1.15. The van der Waals surface area contributed by atoms with Gasteiger partial charge in [0.05, 0.1) is 13.3 Å². The van der Waals surface area contributed by atoms with Gasteiger partial charge in [-0.15, -0.1) is 0 Å². The maximum absolute atomic E-state index is 8.31. The van der Waals surface area contributed by atoms with Crippen molar-refractivity contribution in [2.75, 3.05) is 7.11 Å². The van der Waals surface area contributed by atoms with Crippen LogP contribution in [0.5, 0.6) is 11.5 Å². The minimum absolute atomic E-state index is 0.387. The molecule has 0 amide bonds. The van der Waals surface area contributed by atoms with Crippen molar-refractivity contribution in [2.45, 2.75) is 0 Å². The molecule has 1 radical (unpaired) electrons. The molecule has 0 saturated carbocycles. The summed E-state index contributed by atoms with van der Waals surface area (Å²) in [6, 6.07) is 1.64. The first-order valence-electron chi connectivity index (χ1n) is 2.99. The predicted octanol–water partition coefficient (Wildman–Crippen LogP) is -0.00450. The van der Waals surface area contributed by atoms with Crippen molar-refractivity contribution in [2.24, 2.45) is 0 Å². The number of ether oxygens (including phenoxy) is 1. The third-order valence-corrected chi connectivity index (χ3v) is 1.15. The summed E-state index contributed by atoms with van der Waals surface area (Å²) in [4.78, 5) is 3.78. The molecule has 1 N–H and O–H groups in total. The summed E-state index contributed by atoms with van der Waals surface area (Å²) in [7, 11) is 2.10. The van der Waals surface area contributed by atoms with Crippen molar-refractivity contribution in [3.8, 4) is 11.5 Å². The second kappa shape index (κ2) is 3.83. The highest BCUT2D eigenvalue weighted by Gasteiger charge is 2.01. The molecule has 1 aromatic heterocycles. The van der Waals surface area contributed by atoms with Gasteiger partial charge in [-0.2, -0.15) is 0 Å². The average molecular weight is 152 g/mol. The molecule has 0 saturated heterocycles. The molecule has 1 rings (SSSR count). The summed E-state index contributed by atoms with van der Waals surface area (Å²) in [5, 5.41) is 8.31. The van der Waals surface area contributed by atoms with Crippen molar-refractivity contribution >= 4 is 7.69 Å². The molecule has 0 bridgehead atoms. The van der Waals surface area contributed by atoms with E-state index in [1.165, 1.54) is 13.3 Å². The van der Waals surface area contributed by atoms with Crippen LogP contribution in [0.25, 0.3) is 0 Å². The number of nitrogens with zero attached hydrogens (tertiary/aromatic N) is 1. The van der Waals surface area contributed by atoms with Gasteiger partial charge >= 0.3 is 7.69 Å². The Balaban J connectivity index is 2.83. The van der Waals surface area contributed by atoms with E-state index in [1.807, 2.05) is 0 Å². The van der Waals surface area contributed by atoms with Crippen LogP contribution in [-0.4, -0.2) is 24.8 Å². The Morgan fingerprint density at radius 1 is 1.55 bits per heavy atom. The molecule has 11 heavy (non-hydrogen) atoms. The molecule has 1 heterocycles. The van der Waals surface area contributed by atoms with Gasteiger partial charge in [0, 0.05) is 12.3 Å². The van der Waals surface area contributed by atoms with Gasteiger partial charge in [-0.3, -0.25) is 4.98 Å². The van der Waals surface area contributed by atoms with E-state index in [4.69, 9.17) is 9.76 Å². The Bertz CT molecular complexity index is 231. The van der Waals surface area contributed by atoms with E-state index in [1.54, 1.807) is 12.3 Å². The molecular weight excluding hydrogens is 145 g/mol. The smallest absolute Gasteiger partial charge is 0.534 e. The first kappa shape index (κ1) is 7.88. The lowest BCUT2D eigenvalue weighted by Gasteiger charge is -2.05. The van der Waals surface area contributed by atoms with Gasteiger partial charge in [0.25, 0.3) is 0 Å². The highest BCUT2D eigenvalue weighted by molar-refractivity contribution is 6.17. The van der Waals surface area contributed by atoms with Crippen LogP contribution in [0, 0.1) is 0 Å². The summed E-state index contributed by atoms with van der Waals surface area (Å²) < 4.78 is 9.57. The van der Waals surface area contributed by atoms with Gasteiger partial charge in [-0.25, -0.2) is 0 Å². The molecule has 0 aromatic carbocycles. The lowest BCUT2D eigenvalue weighted by Crippen LogP contribution is -2.01. The van der Waals surface area contributed by atoms with Gasteiger partial charge in [0.2, 0.25) is 0 Å². The summed E-state index contributed by atoms with van der Waals surface area (Å²) in [5.74, 6) is 0.919. The Morgan fingerprint density at radius 2 is 2.36 bits per heavy atom. The Kier molecular flexibility index (Phi) is 2.74. The molecule has 4 nitrogen and oxygen atoms in total. The second-order valence-corrected chi connectivity index (χ2v) is 1.75. The van der Waals surface area contributed by atoms with Crippen molar-refractivity contribution in [3.63, 3.8) is 0 Å². The standard InChI is InChI=1S/C6H7BNO3/c1-10-5-2-3-8-4-6(5)11-7-9/h2-4,9H,1H3. The van der Waals surface area contributed by atoms with Crippen LogP contribution < -0.4 is 9.39 Å². The molecular formula is C6H7BNO3. The Labute approximate surface area is 65.1 Å². The number of hydrogen-bond donors (Lipinski definition) is 1. The summed E-state index contributed by atoms with van der Waals surface area (Å²) in [5.41, 5.74) is 0. The minimum Gasteiger partial charge on any atom is -0.534 e. The molecule has 0 aliphatic heterocycles. The maximum atomic E-state index is 8.31. The minimum atomic E-state index is 0.387. The number of hydrogen-bond acceptors (Lipinski definition) is 4. The second-order valence-electron chi connectivity index (χ2n) is 1.75. The fourth-order valence-electron chi connectivity index (χ4n) is 0.681. The normalized spacial score (nSPS) is 8.91. The quantitative estimate of drug-likeness (QED) is 0.619. The van der Waals surface area contributed by atoms with Crippen LogP contribution in [0.15, 0.2) is 18.5 Å². The molecule has 0 aliphatic rings. The van der Waals surface area contributed by atoms with Crippen LogP contribution in [0.2, 0.25) is 0 Å². The number of methoxy groups -OCH3 is 1. The summed E-state index contributed by atoms with van der Waals surface area (Å²) in [6.45, 7) is 0. The van der Waals surface area contributed by atoms with E-state index in [0.29, 0.717) is 19.2 Å². The third kappa shape index (κ3) is 1.85. The zero-order valence-electron chi connectivity index (χ0n) is 6.02. The van der Waals surface area contributed by atoms with Gasteiger partial charge in [-0.1, -0.05) is 0 Å². The molecule has 0 fully saturated rings. The molecule has 57 valence electrons. The van der Waals surface area contributed by atoms with Gasteiger partial charge in [0.15, 0.2) is 11.5 Å². The monoisotopic (exact) mass is 152 g/mol. The fourth-order valence-corrected chi connectivity index (χ4v) is 0.681. The SMILES string of the molecule is COc1ccncc1O[B]O. The molecule has 0 atom stereocenters. The maximum Gasteiger partial charge on any atom is 0.569 e. The molecule has 0 spiro atoms. The zero-order chi connectivity index (χ0) is 8.10. The van der Waals surface area contributed by atoms with E-state index in [0.717, 1.165) is 0 Å². The zero-order valence-corrected chi connectivity index (χ0v) is 6.02. The highest BCUT2D eigenvalue weighted by Crippen LogP contribution is 2.23. The number of aromatic nitrogens is 1. The average Bonchev–Trinajstić information content (AvgIpc) is 2.06. The van der Waals surface area contributed by atoms with Crippen LogP contribution >= 0.6 is 0 Å². The van der Waals surface area contributed by atoms with E-state index in [9.17, 15) is 0 Å². The molecule has 5 heteroatoms. The van der Waals surface area contributed by atoms with E-state index >= 15 is 0 Å². The first-order valence-corrected chi connectivity index (χ1v) is 2.99. The first-order chi connectivity index (χ1) is 5.38. The Morgan fingerprint density at radius 3 is 3.00 bits per heavy atom. The van der Waals surface area contributed by atoms with Gasteiger partial charge in [0.1, 0.15) is 0 Å². The van der Waals surface area contributed by atoms with Crippen LogP contribution in [0.3, 0.4) is 0 Å². The largest absolute Gasteiger partial charge is 0.569 e. The van der Waals surface area contributed by atoms with Crippen LogP contribution in [0.1, 0.15) is 0 Å². The highest BCUT2D eigenvalue weighted by atomic mass is 16.5. The van der Waals surface area contributed by atoms with Crippen molar-refractivity contribution < 1.29 is 14.4 Å². The molecule has 0 aliphatic carbocycles. The van der Waals surface area contributed by atoms with Gasteiger partial charge in [-0.05, 0) is 0 Å². The lowest BCUT2D eigenvalue weighted by atomic mass is 10.3. The number of rotatable bonds is 3. The van der Waals surface area contributed by atoms with E-state index < -0.39 is 0 Å². The van der Waals surface area contributed by atoms with E-state index in [-0.39, 0.29) is 0 Å².